The molecule has 1 aliphatic carbocycles. The predicted octanol–water partition coefficient (Wildman–Crippen LogP) is 3.56. The minimum Gasteiger partial charge on any atom is -0.380 e. The molecule has 4 nitrogen and oxygen atoms in total. The molecule has 0 aromatic carbocycles. The molecule has 118 valence electrons. The Balaban J connectivity index is 2.15. The Morgan fingerprint density at radius 3 is 2.81 bits per heavy atom. The number of anilines is 1. The van der Waals surface area contributed by atoms with E-state index in [-0.39, 0.29) is 10.5 Å². The van der Waals surface area contributed by atoms with Gasteiger partial charge in [0.25, 0.3) is 5.56 Å². The van der Waals surface area contributed by atoms with Crippen molar-refractivity contribution in [3.8, 4) is 0 Å². The van der Waals surface area contributed by atoms with E-state index < -0.39 is 18.3 Å². The molecule has 0 spiro atoms. The highest BCUT2D eigenvalue weighted by atomic mass is 79.9. The molecule has 0 amide bonds. The van der Waals surface area contributed by atoms with E-state index in [1.807, 2.05) is 0 Å². The van der Waals surface area contributed by atoms with Crippen LogP contribution in [0.1, 0.15) is 32.6 Å². The maximum atomic E-state index is 12.3. The van der Waals surface area contributed by atoms with E-state index in [0.29, 0.717) is 16.3 Å². The molecular formula is C13H17BrF3N3O. The lowest BCUT2D eigenvalue weighted by molar-refractivity contribution is -0.143. The van der Waals surface area contributed by atoms with Crippen LogP contribution in [0.2, 0.25) is 0 Å². The minimum atomic E-state index is -4.47. The van der Waals surface area contributed by atoms with Gasteiger partial charge < -0.3 is 5.32 Å². The van der Waals surface area contributed by atoms with Gasteiger partial charge in [-0.3, -0.25) is 4.79 Å². The number of nitrogens with one attached hydrogen (secondary N) is 1. The standard InChI is InChI=1S/C13H17BrF3N3O/c1-8-3-2-4-9(5-8)19-10-6-18-20(7-13(15,16)17)12(21)11(10)14/h6,8-9,19H,2-5,7H2,1H3. The summed E-state index contributed by atoms with van der Waals surface area (Å²) in [7, 11) is 0. The first-order valence-corrected chi connectivity index (χ1v) is 7.64. The summed E-state index contributed by atoms with van der Waals surface area (Å²) >= 11 is 3.08. The lowest BCUT2D eigenvalue weighted by Gasteiger charge is -2.28. The molecular weight excluding hydrogens is 351 g/mol. The maximum Gasteiger partial charge on any atom is 0.408 e. The van der Waals surface area contributed by atoms with Gasteiger partial charge in [0.15, 0.2) is 0 Å². The summed E-state index contributed by atoms with van der Waals surface area (Å²) in [6.45, 7) is 0.785. The summed E-state index contributed by atoms with van der Waals surface area (Å²) < 4.78 is 37.5. The van der Waals surface area contributed by atoms with Crippen LogP contribution in [0.5, 0.6) is 0 Å². The van der Waals surface area contributed by atoms with Crippen LogP contribution in [0, 0.1) is 5.92 Å². The quantitative estimate of drug-likeness (QED) is 0.888. The summed E-state index contributed by atoms with van der Waals surface area (Å²) in [5.41, 5.74) is -0.321. The van der Waals surface area contributed by atoms with Crippen molar-refractivity contribution in [3.63, 3.8) is 0 Å². The second kappa shape index (κ2) is 6.37. The average Bonchev–Trinajstić information content (AvgIpc) is 2.37. The van der Waals surface area contributed by atoms with Gasteiger partial charge in [0.05, 0.1) is 11.9 Å². The van der Waals surface area contributed by atoms with E-state index in [1.165, 1.54) is 12.6 Å². The molecule has 1 fully saturated rings. The molecule has 1 aliphatic rings. The highest BCUT2D eigenvalue weighted by Gasteiger charge is 2.30. The normalized spacial score (nSPS) is 23.1. The number of hydrogen-bond donors (Lipinski definition) is 1. The molecule has 8 heteroatoms. The highest BCUT2D eigenvalue weighted by Crippen LogP contribution is 2.28. The van der Waals surface area contributed by atoms with Crippen LogP contribution in [0.15, 0.2) is 15.5 Å². The van der Waals surface area contributed by atoms with Crippen LogP contribution in [-0.4, -0.2) is 22.0 Å². The first kappa shape index (κ1) is 16.3. The highest BCUT2D eigenvalue weighted by molar-refractivity contribution is 9.10. The largest absolute Gasteiger partial charge is 0.408 e. The Hall–Kier alpha value is -1.05. The zero-order chi connectivity index (χ0) is 15.6. The van der Waals surface area contributed by atoms with Crippen molar-refractivity contribution >= 4 is 21.6 Å². The Kier molecular flexibility index (Phi) is 4.95. The van der Waals surface area contributed by atoms with Crippen LogP contribution in [0.3, 0.4) is 0 Å². The summed E-state index contributed by atoms with van der Waals surface area (Å²) in [4.78, 5) is 11.9. The summed E-state index contributed by atoms with van der Waals surface area (Å²) in [5.74, 6) is 0.605. The molecule has 21 heavy (non-hydrogen) atoms. The average molecular weight is 368 g/mol. The zero-order valence-corrected chi connectivity index (χ0v) is 13.2. The van der Waals surface area contributed by atoms with Crippen molar-refractivity contribution in [2.24, 2.45) is 5.92 Å². The van der Waals surface area contributed by atoms with Gasteiger partial charge >= 0.3 is 6.18 Å². The number of aromatic nitrogens is 2. The molecule has 2 rings (SSSR count). The van der Waals surface area contributed by atoms with Crippen molar-refractivity contribution in [2.45, 2.75) is 51.4 Å². The number of hydrogen-bond acceptors (Lipinski definition) is 3. The monoisotopic (exact) mass is 367 g/mol. The molecule has 1 heterocycles. The second-order valence-electron chi connectivity index (χ2n) is 5.56. The van der Waals surface area contributed by atoms with Gasteiger partial charge in [-0.1, -0.05) is 19.8 Å². The van der Waals surface area contributed by atoms with E-state index in [0.717, 1.165) is 19.3 Å². The molecule has 0 saturated heterocycles. The molecule has 0 radical (unpaired) electrons. The van der Waals surface area contributed by atoms with Crippen LogP contribution in [0.4, 0.5) is 18.9 Å². The smallest absolute Gasteiger partial charge is 0.380 e. The first-order chi connectivity index (χ1) is 9.76. The second-order valence-corrected chi connectivity index (χ2v) is 6.36. The van der Waals surface area contributed by atoms with Gasteiger partial charge in [-0.2, -0.15) is 18.3 Å². The molecule has 1 N–H and O–H groups in total. The summed E-state index contributed by atoms with van der Waals surface area (Å²) in [6.07, 6.45) is 1.07. The van der Waals surface area contributed by atoms with Gasteiger partial charge in [-0.25, -0.2) is 4.68 Å². The van der Waals surface area contributed by atoms with E-state index in [9.17, 15) is 18.0 Å². The van der Waals surface area contributed by atoms with E-state index in [1.54, 1.807) is 0 Å². The van der Waals surface area contributed by atoms with Gasteiger partial charge in [0.2, 0.25) is 0 Å². The van der Waals surface area contributed by atoms with E-state index in [2.05, 4.69) is 33.3 Å². The van der Waals surface area contributed by atoms with Crippen molar-refractivity contribution in [1.82, 2.24) is 9.78 Å². The molecule has 1 aromatic rings. The lowest BCUT2D eigenvalue weighted by atomic mass is 9.87. The topological polar surface area (TPSA) is 46.9 Å². The van der Waals surface area contributed by atoms with E-state index in [4.69, 9.17) is 0 Å². The fourth-order valence-electron chi connectivity index (χ4n) is 2.63. The predicted molar refractivity (Wildman–Crippen MR) is 77.3 cm³/mol. The number of alkyl halides is 3. The molecule has 2 atom stereocenters. The van der Waals surface area contributed by atoms with Crippen LogP contribution in [0.25, 0.3) is 0 Å². The Morgan fingerprint density at radius 1 is 1.48 bits per heavy atom. The number of nitrogens with zero attached hydrogens (tertiary/aromatic N) is 2. The molecule has 1 aromatic heterocycles. The minimum absolute atomic E-state index is 0.0972. The summed E-state index contributed by atoms with van der Waals surface area (Å²) in [6, 6.07) is 0.227. The van der Waals surface area contributed by atoms with Crippen molar-refractivity contribution in [2.75, 3.05) is 5.32 Å². The summed E-state index contributed by atoms with van der Waals surface area (Å²) in [5, 5.41) is 6.81. The molecule has 0 bridgehead atoms. The van der Waals surface area contributed by atoms with Crippen molar-refractivity contribution in [1.29, 1.82) is 0 Å². The molecule has 0 aliphatic heterocycles. The third-order valence-electron chi connectivity index (χ3n) is 3.61. The first-order valence-electron chi connectivity index (χ1n) is 6.85. The Labute approximate surface area is 128 Å². The number of halogens is 4. The zero-order valence-electron chi connectivity index (χ0n) is 11.6. The lowest BCUT2D eigenvalue weighted by Crippen LogP contribution is -2.32. The molecule has 1 saturated carbocycles. The Morgan fingerprint density at radius 2 is 2.19 bits per heavy atom. The van der Waals surface area contributed by atoms with Gasteiger partial charge in [0, 0.05) is 6.04 Å². The van der Waals surface area contributed by atoms with Gasteiger partial charge in [-0.05, 0) is 34.7 Å². The SMILES string of the molecule is CC1CCCC(Nc2cnn(CC(F)(F)F)c(=O)c2Br)C1. The number of rotatable bonds is 3. The van der Waals surface area contributed by atoms with Gasteiger partial charge in [0.1, 0.15) is 11.0 Å². The Bertz CT molecular complexity index is 559. The fourth-order valence-corrected chi connectivity index (χ4v) is 3.05. The third kappa shape index (κ3) is 4.46. The van der Waals surface area contributed by atoms with Crippen molar-refractivity contribution in [3.05, 3.63) is 21.0 Å². The molecule has 2 unspecified atom stereocenters. The van der Waals surface area contributed by atoms with Crippen LogP contribution in [-0.2, 0) is 6.54 Å². The van der Waals surface area contributed by atoms with Crippen LogP contribution >= 0.6 is 15.9 Å². The maximum absolute atomic E-state index is 12.3. The van der Waals surface area contributed by atoms with Crippen LogP contribution < -0.4 is 10.9 Å². The third-order valence-corrected chi connectivity index (χ3v) is 4.38. The van der Waals surface area contributed by atoms with Crippen molar-refractivity contribution < 1.29 is 13.2 Å². The van der Waals surface area contributed by atoms with Gasteiger partial charge in [-0.15, -0.1) is 0 Å². The van der Waals surface area contributed by atoms with E-state index >= 15 is 0 Å². The fraction of sp³-hybridized carbons (Fsp3) is 0.692.